The number of hydrogen-bond donors (Lipinski definition) is 1. The van der Waals surface area contributed by atoms with Crippen LogP contribution in [0, 0.1) is 24.0 Å². The lowest BCUT2D eigenvalue weighted by Crippen LogP contribution is -2.10. The SMILES string of the molecule is Cc1cc(C)nc(NC(C)c2cccc([N+](=O)[O-])c2)n1. The maximum Gasteiger partial charge on any atom is 0.269 e. The Hall–Kier alpha value is -2.50. The summed E-state index contributed by atoms with van der Waals surface area (Å²) in [6.07, 6.45) is 0. The average molecular weight is 272 g/mol. The molecular formula is C14H16N4O2. The van der Waals surface area contributed by atoms with Gasteiger partial charge in [0.1, 0.15) is 0 Å². The molecule has 1 aromatic heterocycles. The second-order valence-electron chi connectivity index (χ2n) is 4.69. The van der Waals surface area contributed by atoms with Crippen molar-refractivity contribution < 1.29 is 4.92 Å². The van der Waals surface area contributed by atoms with Crippen molar-refractivity contribution >= 4 is 11.6 Å². The summed E-state index contributed by atoms with van der Waals surface area (Å²) in [4.78, 5) is 19.0. The first-order valence-electron chi connectivity index (χ1n) is 6.29. The van der Waals surface area contributed by atoms with Gasteiger partial charge in [0.2, 0.25) is 5.95 Å². The Morgan fingerprint density at radius 1 is 1.20 bits per heavy atom. The van der Waals surface area contributed by atoms with Crippen molar-refractivity contribution in [2.75, 3.05) is 5.32 Å². The van der Waals surface area contributed by atoms with Crippen LogP contribution in [0.25, 0.3) is 0 Å². The third-order valence-corrected chi connectivity index (χ3v) is 2.91. The zero-order chi connectivity index (χ0) is 14.7. The van der Waals surface area contributed by atoms with Crippen molar-refractivity contribution in [2.45, 2.75) is 26.8 Å². The number of aromatic nitrogens is 2. The smallest absolute Gasteiger partial charge is 0.269 e. The van der Waals surface area contributed by atoms with E-state index in [0.29, 0.717) is 5.95 Å². The molecule has 0 saturated carbocycles. The number of benzene rings is 1. The van der Waals surface area contributed by atoms with Crippen molar-refractivity contribution in [3.05, 3.63) is 57.4 Å². The molecule has 0 spiro atoms. The normalized spacial score (nSPS) is 11.9. The van der Waals surface area contributed by atoms with Gasteiger partial charge >= 0.3 is 0 Å². The van der Waals surface area contributed by atoms with Crippen molar-refractivity contribution in [1.29, 1.82) is 0 Å². The Kier molecular flexibility index (Phi) is 3.93. The van der Waals surface area contributed by atoms with E-state index in [9.17, 15) is 10.1 Å². The summed E-state index contributed by atoms with van der Waals surface area (Å²) >= 11 is 0. The molecule has 1 heterocycles. The van der Waals surface area contributed by atoms with Gasteiger partial charge in [-0.1, -0.05) is 12.1 Å². The van der Waals surface area contributed by atoms with E-state index in [1.54, 1.807) is 12.1 Å². The molecule has 1 unspecified atom stereocenters. The van der Waals surface area contributed by atoms with E-state index < -0.39 is 4.92 Å². The summed E-state index contributed by atoms with van der Waals surface area (Å²) < 4.78 is 0. The van der Waals surface area contributed by atoms with Gasteiger partial charge in [0, 0.05) is 23.5 Å². The molecule has 20 heavy (non-hydrogen) atoms. The molecule has 1 aromatic carbocycles. The van der Waals surface area contributed by atoms with Crippen LogP contribution in [0.5, 0.6) is 0 Å². The van der Waals surface area contributed by atoms with Crippen LogP contribution in [-0.2, 0) is 0 Å². The zero-order valence-corrected chi connectivity index (χ0v) is 11.6. The minimum absolute atomic E-state index is 0.0810. The minimum atomic E-state index is -0.399. The number of nitrogens with zero attached hydrogens (tertiary/aromatic N) is 3. The summed E-state index contributed by atoms with van der Waals surface area (Å²) in [5.41, 5.74) is 2.66. The fourth-order valence-corrected chi connectivity index (χ4v) is 1.98. The van der Waals surface area contributed by atoms with Crippen LogP contribution in [0.15, 0.2) is 30.3 Å². The van der Waals surface area contributed by atoms with Gasteiger partial charge in [-0.05, 0) is 32.4 Å². The van der Waals surface area contributed by atoms with Gasteiger partial charge in [-0.15, -0.1) is 0 Å². The van der Waals surface area contributed by atoms with Gasteiger partial charge in [-0.3, -0.25) is 10.1 Å². The van der Waals surface area contributed by atoms with Crippen molar-refractivity contribution in [1.82, 2.24) is 9.97 Å². The molecule has 2 rings (SSSR count). The van der Waals surface area contributed by atoms with Gasteiger partial charge in [0.15, 0.2) is 0 Å². The standard InChI is InChI=1S/C14H16N4O2/c1-9-7-10(2)16-14(15-9)17-11(3)12-5-4-6-13(8-12)18(19)20/h4-8,11H,1-3H3,(H,15,16,17). The minimum Gasteiger partial charge on any atom is -0.348 e. The van der Waals surface area contributed by atoms with Crippen molar-refractivity contribution in [2.24, 2.45) is 0 Å². The van der Waals surface area contributed by atoms with Gasteiger partial charge < -0.3 is 5.32 Å². The lowest BCUT2D eigenvalue weighted by Gasteiger charge is -2.14. The monoisotopic (exact) mass is 272 g/mol. The molecule has 6 nitrogen and oxygen atoms in total. The second kappa shape index (κ2) is 5.64. The van der Waals surface area contributed by atoms with Crippen LogP contribution >= 0.6 is 0 Å². The fourth-order valence-electron chi connectivity index (χ4n) is 1.98. The maximum absolute atomic E-state index is 10.8. The lowest BCUT2D eigenvalue weighted by atomic mass is 10.1. The maximum atomic E-state index is 10.8. The Bertz CT molecular complexity index is 623. The molecule has 0 radical (unpaired) electrons. The van der Waals surface area contributed by atoms with Gasteiger partial charge in [0.25, 0.3) is 5.69 Å². The molecule has 0 saturated heterocycles. The average Bonchev–Trinajstić information content (AvgIpc) is 2.37. The lowest BCUT2D eigenvalue weighted by molar-refractivity contribution is -0.384. The van der Waals surface area contributed by atoms with Crippen LogP contribution in [0.3, 0.4) is 0 Å². The summed E-state index contributed by atoms with van der Waals surface area (Å²) in [7, 11) is 0. The number of nitrogens with one attached hydrogen (secondary N) is 1. The van der Waals surface area contributed by atoms with Crippen LogP contribution in [0.2, 0.25) is 0 Å². The topological polar surface area (TPSA) is 81.0 Å². The third-order valence-electron chi connectivity index (χ3n) is 2.91. The molecule has 0 bridgehead atoms. The predicted molar refractivity (Wildman–Crippen MR) is 76.6 cm³/mol. The van der Waals surface area contributed by atoms with E-state index in [1.807, 2.05) is 32.9 Å². The molecular weight excluding hydrogens is 256 g/mol. The predicted octanol–water partition coefficient (Wildman–Crippen LogP) is 3.17. The van der Waals surface area contributed by atoms with Gasteiger partial charge in [-0.2, -0.15) is 0 Å². The number of nitro benzene ring substituents is 1. The van der Waals surface area contributed by atoms with E-state index in [0.717, 1.165) is 17.0 Å². The quantitative estimate of drug-likeness (QED) is 0.683. The highest BCUT2D eigenvalue weighted by Crippen LogP contribution is 2.21. The van der Waals surface area contributed by atoms with Crippen LogP contribution < -0.4 is 5.32 Å². The second-order valence-corrected chi connectivity index (χ2v) is 4.69. The number of nitro groups is 1. The van der Waals surface area contributed by atoms with E-state index >= 15 is 0 Å². The molecule has 0 aliphatic rings. The first kappa shape index (κ1) is 13.9. The first-order valence-corrected chi connectivity index (χ1v) is 6.29. The van der Waals surface area contributed by atoms with Gasteiger partial charge in [-0.25, -0.2) is 9.97 Å². The summed E-state index contributed by atoms with van der Waals surface area (Å²) in [5, 5.41) is 13.9. The molecule has 0 aliphatic carbocycles. The Morgan fingerprint density at radius 3 is 2.45 bits per heavy atom. The fraction of sp³-hybridized carbons (Fsp3) is 0.286. The highest BCUT2D eigenvalue weighted by Gasteiger charge is 2.12. The molecule has 0 fully saturated rings. The van der Waals surface area contributed by atoms with Crippen LogP contribution in [-0.4, -0.2) is 14.9 Å². The number of non-ortho nitro benzene ring substituents is 1. The molecule has 6 heteroatoms. The number of hydrogen-bond acceptors (Lipinski definition) is 5. The summed E-state index contributed by atoms with van der Waals surface area (Å²) in [6.45, 7) is 5.72. The Morgan fingerprint density at radius 2 is 1.85 bits per heavy atom. The molecule has 0 aliphatic heterocycles. The van der Waals surface area contributed by atoms with Crippen LogP contribution in [0.4, 0.5) is 11.6 Å². The van der Waals surface area contributed by atoms with Crippen molar-refractivity contribution in [3.8, 4) is 0 Å². The van der Waals surface area contributed by atoms with Crippen LogP contribution in [0.1, 0.15) is 29.9 Å². The molecule has 0 amide bonds. The number of aryl methyl sites for hydroxylation is 2. The number of anilines is 1. The Labute approximate surface area is 117 Å². The Balaban J connectivity index is 2.21. The molecule has 104 valence electrons. The highest BCUT2D eigenvalue weighted by molar-refractivity contribution is 5.39. The largest absolute Gasteiger partial charge is 0.348 e. The highest BCUT2D eigenvalue weighted by atomic mass is 16.6. The van der Waals surface area contributed by atoms with Crippen molar-refractivity contribution in [3.63, 3.8) is 0 Å². The van der Waals surface area contributed by atoms with E-state index in [4.69, 9.17) is 0 Å². The third kappa shape index (κ3) is 3.28. The first-order chi connectivity index (χ1) is 9.45. The number of rotatable bonds is 4. The zero-order valence-electron chi connectivity index (χ0n) is 11.6. The summed E-state index contributed by atoms with van der Waals surface area (Å²) in [5.74, 6) is 0.529. The van der Waals surface area contributed by atoms with E-state index in [2.05, 4.69) is 15.3 Å². The molecule has 1 N–H and O–H groups in total. The van der Waals surface area contributed by atoms with E-state index in [-0.39, 0.29) is 11.7 Å². The molecule has 2 aromatic rings. The molecule has 1 atom stereocenters. The van der Waals surface area contributed by atoms with E-state index in [1.165, 1.54) is 6.07 Å². The summed E-state index contributed by atoms with van der Waals surface area (Å²) in [6, 6.07) is 8.32. The van der Waals surface area contributed by atoms with Gasteiger partial charge in [0.05, 0.1) is 11.0 Å².